The van der Waals surface area contributed by atoms with Crippen molar-refractivity contribution in [1.29, 1.82) is 0 Å². The number of aromatic carboxylic acids is 2. The molecule has 0 saturated carbocycles. The number of nitrogens with one attached hydrogen (secondary N) is 2. The second kappa shape index (κ2) is 12.3. The first-order chi connectivity index (χ1) is 16.8. The summed E-state index contributed by atoms with van der Waals surface area (Å²) < 4.78 is 5.51. The van der Waals surface area contributed by atoms with Gasteiger partial charge in [-0.2, -0.15) is 0 Å². The van der Waals surface area contributed by atoms with E-state index in [-0.39, 0.29) is 23.4 Å². The number of aliphatic hydroxyl groups is 3. The summed E-state index contributed by atoms with van der Waals surface area (Å²) in [7, 11) is 0. The molecule has 1 amide bonds. The Bertz CT molecular complexity index is 981. The maximum Gasteiger partial charge on any atom is 0.335 e. The van der Waals surface area contributed by atoms with Crippen LogP contribution in [0.4, 0.5) is 5.69 Å². The predicted octanol–water partition coefficient (Wildman–Crippen LogP) is -1.83. The third-order valence-corrected chi connectivity index (χ3v) is 5.41. The first-order valence-electron chi connectivity index (χ1n) is 10.6. The molecule has 0 spiro atoms. The average molecular weight is 514 g/mol. The van der Waals surface area contributed by atoms with Gasteiger partial charge in [0.2, 0.25) is 5.91 Å². The largest absolute Gasteiger partial charge is 0.481 e. The van der Waals surface area contributed by atoms with E-state index in [4.69, 9.17) is 25.2 Å². The van der Waals surface area contributed by atoms with E-state index in [1.165, 1.54) is 0 Å². The highest BCUT2D eigenvalue weighted by Crippen LogP contribution is 2.24. The highest BCUT2D eigenvalue weighted by atomic mass is 16.5. The molecule has 1 fully saturated rings. The number of aliphatic hydroxyl groups excluding tert-OH is 3. The van der Waals surface area contributed by atoms with Gasteiger partial charge in [0.05, 0.1) is 23.7 Å². The lowest BCUT2D eigenvalue weighted by Gasteiger charge is -2.40. The summed E-state index contributed by atoms with van der Waals surface area (Å²) in [5.74, 6) is -6.44. The lowest BCUT2D eigenvalue weighted by Crippen LogP contribution is -2.60. The monoisotopic (exact) mass is 514 g/mol. The predicted molar refractivity (Wildman–Crippen MR) is 117 cm³/mol. The summed E-state index contributed by atoms with van der Waals surface area (Å²) in [5.41, 5.74) is -0.618. The third kappa shape index (κ3) is 7.61. The molecule has 1 aromatic rings. The highest BCUT2D eigenvalue weighted by Gasteiger charge is 2.44. The van der Waals surface area contributed by atoms with Crippen molar-refractivity contribution in [3.05, 3.63) is 29.3 Å². The number of carbonyl (C=O) groups excluding carboxylic acids is 1. The van der Waals surface area contributed by atoms with Crippen LogP contribution in [0.1, 0.15) is 40.0 Å². The Kier molecular flexibility index (Phi) is 9.68. The van der Waals surface area contributed by atoms with Gasteiger partial charge in [-0.3, -0.25) is 9.59 Å². The van der Waals surface area contributed by atoms with Gasteiger partial charge in [0, 0.05) is 18.7 Å². The molecule has 1 saturated heterocycles. The van der Waals surface area contributed by atoms with Crippen molar-refractivity contribution in [3.63, 3.8) is 0 Å². The molecule has 0 radical (unpaired) electrons. The summed E-state index contributed by atoms with van der Waals surface area (Å²) in [6.45, 7) is -0.304. The molecule has 1 aromatic carbocycles. The minimum Gasteiger partial charge on any atom is -0.481 e. The molecule has 15 nitrogen and oxygen atoms in total. The molecule has 1 aliphatic heterocycles. The first kappa shape index (κ1) is 28.4. The van der Waals surface area contributed by atoms with Crippen LogP contribution in [0.5, 0.6) is 0 Å². The van der Waals surface area contributed by atoms with Gasteiger partial charge in [0.1, 0.15) is 30.5 Å². The van der Waals surface area contributed by atoms with Crippen LogP contribution in [-0.4, -0.2) is 109 Å². The zero-order chi connectivity index (χ0) is 27.2. The van der Waals surface area contributed by atoms with Crippen LogP contribution in [-0.2, 0) is 19.1 Å². The molecule has 1 aliphatic rings. The molecule has 9 N–H and O–H groups in total. The molecule has 198 valence electrons. The molecule has 1 heterocycles. The number of carboxylic acid groups (broad SMARTS) is 4. The number of amides is 1. The number of benzene rings is 1. The van der Waals surface area contributed by atoms with E-state index in [0.29, 0.717) is 0 Å². The minimum atomic E-state index is -1.77. The van der Waals surface area contributed by atoms with Gasteiger partial charge in [0.15, 0.2) is 0 Å². The summed E-state index contributed by atoms with van der Waals surface area (Å²) in [6.07, 6.45) is -9.39. The third-order valence-electron chi connectivity index (χ3n) is 5.41. The van der Waals surface area contributed by atoms with Gasteiger partial charge in [-0.15, -0.1) is 0 Å². The Balaban J connectivity index is 2.09. The van der Waals surface area contributed by atoms with Gasteiger partial charge in [-0.05, 0) is 24.6 Å². The summed E-state index contributed by atoms with van der Waals surface area (Å²) in [4.78, 5) is 56.7. The lowest BCUT2D eigenvalue weighted by molar-refractivity contribution is -0.219. The number of ether oxygens (including phenoxy) is 1. The Morgan fingerprint density at radius 3 is 1.89 bits per heavy atom. The fourth-order valence-electron chi connectivity index (χ4n) is 3.52. The summed E-state index contributed by atoms with van der Waals surface area (Å²) in [5, 5.41) is 71.6. The Labute approximate surface area is 202 Å². The molecule has 15 heteroatoms. The SMILES string of the molecule is O=C(O)CC[C@H](NC(=O)CC1OC(CNc2cc(C(=O)O)cc(C(=O)O)c2)C(O)C(O)C1O)C(=O)O. The van der Waals surface area contributed by atoms with E-state index in [9.17, 15) is 39.3 Å². The zero-order valence-electron chi connectivity index (χ0n) is 18.6. The molecule has 0 aromatic heterocycles. The highest BCUT2D eigenvalue weighted by molar-refractivity contribution is 5.95. The van der Waals surface area contributed by atoms with Crippen molar-refractivity contribution in [2.24, 2.45) is 0 Å². The van der Waals surface area contributed by atoms with Crippen LogP contribution in [0.3, 0.4) is 0 Å². The van der Waals surface area contributed by atoms with Crippen LogP contribution in [0.25, 0.3) is 0 Å². The number of hydrogen-bond donors (Lipinski definition) is 9. The van der Waals surface area contributed by atoms with Crippen molar-refractivity contribution in [3.8, 4) is 0 Å². The summed E-state index contributed by atoms with van der Waals surface area (Å²) >= 11 is 0. The Hall–Kier alpha value is -3.79. The van der Waals surface area contributed by atoms with Crippen molar-refractivity contribution < 1.29 is 64.5 Å². The van der Waals surface area contributed by atoms with Crippen molar-refractivity contribution in [2.45, 2.75) is 55.8 Å². The van der Waals surface area contributed by atoms with E-state index < -0.39 is 85.6 Å². The molecule has 5 unspecified atom stereocenters. The van der Waals surface area contributed by atoms with E-state index in [1.807, 2.05) is 0 Å². The molecule has 0 bridgehead atoms. The van der Waals surface area contributed by atoms with Gasteiger partial charge < -0.3 is 51.1 Å². The van der Waals surface area contributed by atoms with E-state index in [1.54, 1.807) is 0 Å². The van der Waals surface area contributed by atoms with Crippen molar-refractivity contribution in [1.82, 2.24) is 5.32 Å². The fourth-order valence-corrected chi connectivity index (χ4v) is 3.52. The maximum absolute atomic E-state index is 12.3. The molecule has 36 heavy (non-hydrogen) atoms. The van der Waals surface area contributed by atoms with E-state index >= 15 is 0 Å². The quantitative estimate of drug-likeness (QED) is 0.149. The number of carbonyl (C=O) groups is 5. The molecule has 0 aliphatic carbocycles. The van der Waals surface area contributed by atoms with E-state index in [2.05, 4.69) is 10.6 Å². The summed E-state index contributed by atoms with van der Waals surface area (Å²) in [6, 6.07) is 1.68. The Morgan fingerprint density at radius 2 is 1.39 bits per heavy atom. The van der Waals surface area contributed by atoms with E-state index in [0.717, 1.165) is 18.2 Å². The number of anilines is 1. The van der Waals surface area contributed by atoms with Gasteiger partial charge in [-0.1, -0.05) is 0 Å². The van der Waals surface area contributed by atoms with Gasteiger partial charge >= 0.3 is 23.9 Å². The molecular weight excluding hydrogens is 488 g/mol. The maximum atomic E-state index is 12.3. The number of hydrogen-bond acceptors (Lipinski definition) is 10. The van der Waals surface area contributed by atoms with Crippen LogP contribution in [0, 0.1) is 0 Å². The molecule has 2 rings (SSSR count). The number of carboxylic acids is 4. The topological polar surface area (TPSA) is 260 Å². The lowest BCUT2D eigenvalue weighted by atomic mass is 9.93. The second-order valence-electron chi connectivity index (χ2n) is 8.07. The smallest absolute Gasteiger partial charge is 0.335 e. The molecular formula is C21H26N2O13. The number of rotatable bonds is 12. The number of aliphatic carboxylic acids is 2. The fraction of sp³-hybridized carbons (Fsp3) is 0.476. The first-order valence-corrected chi connectivity index (χ1v) is 10.6. The standard InChI is InChI=1S/C21H26N2O13/c24-14(23-11(21(34)35)1-2-15(25)26)6-12-16(27)18(29)17(28)13(36-12)7-22-10-4-8(19(30)31)3-9(5-10)20(32)33/h3-5,11-13,16-18,22,27-29H,1-2,6-7H2,(H,23,24)(H,25,26)(H,30,31)(H,32,33)(H,34,35)/t11-,12?,13?,16?,17?,18?/m0/s1. The van der Waals surface area contributed by atoms with Crippen LogP contribution < -0.4 is 10.6 Å². The Morgan fingerprint density at radius 1 is 0.833 bits per heavy atom. The van der Waals surface area contributed by atoms with Gasteiger partial charge in [0.25, 0.3) is 0 Å². The zero-order valence-corrected chi connectivity index (χ0v) is 18.6. The van der Waals surface area contributed by atoms with Gasteiger partial charge in [-0.25, -0.2) is 14.4 Å². The second-order valence-corrected chi connectivity index (χ2v) is 8.07. The normalized spacial score (nSPS) is 24.4. The average Bonchev–Trinajstić information content (AvgIpc) is 2.80. The van der Waals surface area contributed by atoms with Crippen LogP contribution >= 0.6 is 0 Å². The molecule has 6 atom stereocenters. The van der Waals surface area contributed by atoms with Crippen molar-refractivity contribution in [2.75, 3.05) is 11.9 Å². The van der Waals surface area contributed by atoms with Crippen LogP contribution in [0.15, 0.2) is 18.2 Å². The minimum absolute atomic E-state index is 0.0423. The van der Waals surface area contributed by atoms with Crippen molar-refractivity contribution >= 4 is 35.5 Å². The van der Waals surface area contributed by atoms with Crippen LogP contribution in [0.2, 0.25) is 0 Å².